The van der Waals surface area contributed by atoms with Gasteiger partial charge < -0.3 is 9.80 Å². The molecular weight excluding hydrogens is 496 g/mol. The van der Waals surface area contributed by atoms with E-state index in [1.54, 1.807) is 0 Å². The minimum Gasteiger partial charge on any atom is -0.375 e. The summed E-state index contributed by atoms with van der Waals surface area (Å²) in [5, 5.41) is 0. The van der Waals surface area contributed by atoms with Crippen molar-refractivity contribution in [3.8, 4) is 0 Å². The highest BCUT2D eigenvalue weighted by molar-refractivity contribution is 5.77. The Hall–Kier alpha value is -2.74. The van der Waals surface area contributed by atoms with E-state index in [4.69, 9.17) is 0 Å². The molecule has 0 N–H and O–H groups in total. The molecule has 0 amide bonds. The summed E-state index contributed by atoms with van der Waals surface area (Å²) in [6.45, 7) is 36.8. The Labute approximate surface area is 255 Å². The number of hydrogen-bond donors (Lipinski definition) is 0. The summed E-state index contributed by atoms with van der Waals surface area (Å²) in [6.07, 6.45) is 17.5. The monoisotopic (exact) mass is 558 g/mol. The van der Waals surface area contributed by atoms with Gasteiger partial charge in [0.15, 0.2) is 0 Å². The zero-order valence-electron chi connectivity index (χ0n) is 28.0. The van der Waals surface area contributed by atoms with Crippen molar-refractivity contribution >= 4 is 11.3 Å². The zero-order valence-corrected chi connectivity index (χ0v) is 28.0. The molecule has 1 atom stereocenters. The van der Waals surface area contributed by atoms with Crippen LogP contribution >= 0.6 is 0 Å². The SMILES string of the molecule is C=C(C)c1ccc(C)cc1C(=C)N(CCCC)CCCC.C=CC1=CC(C)=CCC1C(=C)N(CCCC)CCCC. The summed E-state index contributed by atoms with van der Waals surface area (Å²) < 4.78 is 0. The van der Waals surface area contributed by atoms with Crippen LogP contribution in [0.5, 0.6) is 0 Å². The van der Waals surface area contributed by atoms with E-state index < -0.39 is 0 Å². The van der Waals surface area contributed by atoms with Crippen LogP contribution in [0.1, 0.15) is 116 Å². The second-order valence-corrected chi connectivity index (χ2v) is 11.7. The van der Waals surface area contributed by atoms with Crippen molar-refractivity contribution in [3.63, 3.8) is 0 Å². The lowest BCUT2D eigenvalue weighted by molar-refractivity contribution is 0.303. The maximum atomic E-state index is 4.42. The number of benzene rings is 1. The van der Waals surface area contributed by atoms with Gasteiger partial charge in [-0.2, -0.15) is 0 Å². The molecule has 0 saturated carbocycles. The van der Waals surface area contributed by atoms with Crippen LogP contribution in [0.2, 0.25) is 0 Å². The summed E-state index contributed by atoms with van der Waals surface area (Å²) in [7, 11) is 0. The van der Waals surface area contributed by atoms with Crippen LogP contribution in [-0.2, 0) is 0 Å². The Morgan fingerprint density at radius 3 is 1.78 bits per heavy atom. The van der Waals surface area contributed by atoms with E-state index in [0.29, 0.717) is 5.92 Å². The molecule has 1 aromatic rings. The van der Waals surface area contributed by atoms with Gasteiger partial charge in [0.05, 0.1) is 0 Å². The van der Waals surface area contributed by atoms with Crippen LogP contribution < -0.4 is 0 Å². The first-order chi connectivity index (χ1) is 19.6. The molecule has 228 valence electrons. The van der Waals surface area contributed by atoms with Crippen molar-refractivity contribution in [1.82, 2.24) is 9.80 Å². The van der Waals surface area contributed by atoms with Gasteiger partial charge in [-0.3, -0.25) is 0 Å². The molecule has 41 heavy (non-hydrogen) atoms. The maximum absolute atomic E-state index is 4.42. The molecular formula is C39H62N2. The molecule has 2 nitrogen and oxygen atoms in total. The molecule has 1 aliphatic carbocycles. The summed E-state index contributed by atoms with van der Waals surface area (Å²) in [5.41, 5.74) is 9.96. The van der Waals surface area contributed by atoms with Crippen LogP contribution in [0.4, 0.5) is 0 Å². The average Bonchev–Trinajstić information content (AvgIpc) is 2.96. The minimum absolute atomic E-state index is 0.421. The molecule has 0 aliphatic heterocycles. The van der Waals surface area contributed by atoms with Gasteiger partial charge in [-0.1, -0.05) is 127 Å². The topological polar surface area (TPSA) is 6.48 Å². The first kappa shape index (κ1) is 36.3. The van der Waals surface area contributed by atoms with Crippen LogP contribution in [0, 0.1) is 12.8 Å². The average molecular weight is 559 g/mol. The second-order valence-electron chi connectivity index (χ2n) is 11.7. The third-order valence-electron chi connectivity index (χ3n) is 7.97. The second kappa shape index (κ2) is 20.2. The normalized spacial score (nSPS) is 14.3. The number of aryl methyl sites for hydroxylation is 1. The fraction of sp³-hybridized carbons (Fsp3) is 0.538. The molecule has 0 saturated heterocycles. The van der Waals surface area contributed by atoms with Crippen molar-refractivity contribution in [1.29, 1.82) is 0 Å². The van der Waals surface area contributed by atoms with E-state index in [-0.39, 0.29) is 0 Å². The van der Waals surface area contributed by atoms with Crippen LogP contribution in [0.25, 0.3) is 11.3 Å². The Bertz CT molecular complexity index is 1020. The molecule has 2 heteroatoms. The zero-order chi connectivity index (χ0) is 30.8. The Morgan fingerprint density at radius 2 is 1.32 bits per heavy atom. The summed E-state index contributed by atoms with van der Waals surface area (Å²) in [5.74, 6) is 0.421. The van der Waals surface area contributed by atoms with Crippen molar-refractivity contribution in [2.45, 2.75) is 106 Å². The van der Waals surface area contributed by atoms with E-state index in [1.165, 1.54) is 84.9 Å². The number of hydrogen-bond acceptors (Lipinski definition) is 2. The fourth-order valence-corrected chi connectivity index (χ4v) is 5.23. The number of unbranched alkanes of at least 4 members (excludes halogenated alkanes) is 4. The van der Waals surface area contributed by atoms with E-state index in [0.717, 1.165) is 43.9 Å². The maximum Gasteiger partial charge on any atom is 0.0373 e. The van der Waals surface area contributed by atoms with Gasteiger partial charge in [0.25, 0.3) is 0 Å². The van der Waals surface area contributed by atoms with Crippen molar-refractivity contribution in [2.24, 2.45) is 5.92 Å². The summed E-state index contributed by atoms with van der Waals surface area (Å²) in [6, 6.07) is 6.58. The van der Waals surface area contributed by atoms with Gasteiger partial charge in [0.1, 0.15) is 0 Å². The van der Waals surface area contributed by atoms with Gasteiger partial charge >= 0.3 is 0 Å². The summed E-state index contributed by atoms with van der Waals surface area (Å²) in [4.78, 5) is 4.96. The molecule has 1 aromatic carbocycles. The molecule has 0 radical (unpaired) electrons. The lowest BCUT2D eigenvalue weighted by atomic mass is 9.86. The molecule has 0 heterocycles. The molecule has 1 unspecified atom stereocenters. The van der Waals surface area contributed by atoms with Crippen LogP contribution in [-0.4, -0.2) is 36.0 Å². The molecule has 2 rings (SSSR count). The third kappa shape index (κ3) is 12.3. The Balaban J connectivity index is 0.000000410. The van der Waals surface area contributed by atoms with E-state index in [9.17, 15) is 0 Å². The van der Waals surface area contributed by atoms with Crippen molar-refractivity contribution in [3.05, 3.63) is 96.3 Å². The molecule has 0 spiro atoms. The highest BCUT2D eigenvalue weighted by Crippen LogP contribution is 2.32. The van der Waals surface area contributed by atoms with Crippen molar-refractivity contribution < 1.29 is 0 Å². The fourth-order valence-electron chi connectivity index (χ4n) is 5.23. The standard InChI is InChI=1S/C20H31N.C19H31N/c1-7-9-13-21(14-10-8-2)18(6)20-15-17(5)11-12-19(20)16(3)4;1-6-9-13-20(14-10-7-2)17(5)19-12-11-16(4)15-18(19)8-3/h11-12,15H,3,6-10,13-14H2,1-2,4-5H3;8,11,15,19H,3,5-7,9-10,12-14H2,1-2,4H3. The molecule has 0 fully saturated rings. The van der Waals surface area contributed by atoms with Crippen LogP contribution in [0.15, 0.2) is 79.6 Å². The quantitative estimate of drug-likeness (QED) is 0.177. The Morgan fingerprint density at radius 1 is 0.805 bits per heavy atom. The highest BCUT2D eigenvalue weighted by Gasteiger charge is 2.22. The van der Waals surface area contributed by atoms with Gasteiger partial charge in [0.2, 0.25) is 0 Å². The largest absolute Gasteiger partial charge is 0.375 e. The predicted octanol–water partition coefficient (Wildman–Crippen LogP) is 11.4. The number of rotatable bonds is 18. The molecule has 1 aliphatic rings. The van der Waals surface area contributed by atoms with Gasteiger partial charge in [0, 0.05) is 49.1 Å². The van der Waals surface area contributed by atoms with Crippen LogP contribution in [0.3, 0.4) is 0 Å². The van der Waals surface area contributed by atoms with Gasteiger partial charge in [-0.05, 0) is 70.1 Å². The lowest BCUT2D eigenvalue weighted by Crippen LogP contribution is -2.30. The third-order valence-corrected chi connectivity index (χ3v) is 7.97. The first-order valence-electron chi connectivity index (χ1n) is 16.3. The van der Waals surface area contributed by atoms with E-state index in [1.807, 2.05) is 6.08 Å². The number of allylic oxidation sites excluding steroid dienone is 6. The predicted molar refractivity (Wildman–Crippen MR) is 187 cm³/mol. The minimum atomic E-state index is 0.421. The van der Waals surface area contributed by atoms with E-state index >= 15 is 0 Å². The summed E-state index contributed by atoms with van der Waals surface area (Å²) >= 11 is 0. The smallest absolute Gasteiger partial charge is 0.0373 e. The lowest BCUT2D eigenvalue weighted by Gasteiger charge is -2.33. The van der Waals surface area contributed by atoms with E-state index in [2.05, 4.69) is 115 Å². The van der Waals surface area contributed by atoms with Gasteiger partial charge in [-0.15, -0.1) is 0 Å². The number of nitrogens with zero attached hydrogens (tertiary/aromatic N) is 2. The molecule has 0 aromatic heterocycles. The van der Waals surface area contributed by atoms with Crippen molar-refractivity contribution in [2.75, 3.05) is 26.2 Å². The highest BCUT2D eigenvalue weighted by atomic mass is 15.1. The van der Waals surface area contributed by atoms with Gasteiger partial charge in [-0.25, -0.2) is 0 Å². The first-order valence-corrected chi connectivity index (χ1v) is 16.3. The Kier molecular flexibility index (Phi) is 17.9. The molecule has 0 bridgehead atoms.